The maximum atomic E-state index is 12.2. The van der Waals surface area contributed by atoms with E-state index >= 15 is 0 Å². The van der Waals surface area contributed by atoms with Gasteiger partial charge in [-0.1, -0.05) is 18.2 Å². The van der Waals surface area contributed by atoms with Crippen molar-refractivity contribution >= 4 is 9.84 Å². The molecule has 0 aliphatic heterocycles. The molecule has 0 aromatic heterocycles. The van der Waals surface area contributed by atoms with Crippen LogP contribution >= 0.6 is 0 Å². The highest BCUT2D eigenvalue weighted by Gasteiger charge is 2.27. The summed E-state index contributed by atoms with van der Waals surface area (Å²) in [4.78, 5) is -0.804. The van der Waals surface area contributed by atoms with Crippen molar-refractivity contribution in [1.29, 1.82) is 0 Å². The molecular formula is C12H10O6S. The third-order valence-corrected chi connectivity index (χ3v) is 4.32. The fraction of sp³-hybridized carbons (Fsp3) is 0. The second-order valence-electron chi connectivity index (χ2n) is 3.76. The van der Waals surface area contributed by atoms with E-state index in [1.54, 1.807) is 6.07 Å². The summed E-state index contributed by atoms with van der Waals surface area (Å²) in [6.45, 7) is 0. The average Bonchev–Trinajstić information content (AvgIpc) is 2.41. The van der Waals surface area contributed by atoms with Gasteiger partial charge in [0, 0.05) is 6.07 Å². The highest BCUT2D eigenvalue weighted by Crippen LogP contribution is 2.46. The van der Waals surface area contributed by atoms with Gasteiger partial charge in [0.1, 0.15) is 4.90 Å². The van der Waals surface area contributed by atoms with E-state index in [0.717, 1.165) is 0 Å². The first-order chi connectivity index (χ1) is 8.85. The molecule has 0 amide bonds. The monoisotopic (exact) mass is 282 g/mol. The van der Waals surface area contributed by atoms with Gasteiger partial charge in [0.15, 0.2) is 11.5 Å². The average molecular weight is 282 g/mol. The predicted octanol–water partition coefficient (Wildman–Crippen LogP) is 1.34. The third kappa shape index (κ3) is 2.04. The van der Waals surface area contributed by atoms with Crippen molar-refractivity contribution in [2.75, 3.05) is 0 Å². The molecule has 0 radical (unpaired) electrons. The van der Waals surface area contributed by atoms with Crippen molar-refractivity contribution in [2.45, 2.75) is 9.79 Å². The molecule has 6 nitrogen and oxygen atoms in total. The standard InChI is InChI=1S/C12H10O6S/c13-8-6-9(11(15)12(16)10(8)14)19(17,18)7-4-2-1-3-5-7/h1-6,13-16H. The summed E-state index contributed by atoms with van der Waals surface area (Å²) in [6, 6.07) is 7.87. The minimum absolute atomic E-state index is 0.116. The van der Waals surface area contributed by atoms with Gasteiger partial charge in [0.05, 0.1) is 4.90 Å². The number of benzene rings is 2. The highest BCUT2D eigenvalue weighted by molar-refractivity contribution is 7.91. The van der Waals surface area contributed by atoms with E-state index < -0.39 is 37.7 Å². The Morgan fingerprint density at radius 2 is 1.37 bits per heavy atom. The van der Waals surface area contributed by atoms with Crippen LogP contribution in [0.2, 0.25) is 0 Å². The Morgan fingerprint density at radius 3 is 1.95 bits per heavy atom. The van der Waals surface area contributed by atoms with Crippen molar-refractivity contribution in [3.05, 3.63) is 36.4 Å². The molecule has 0 unspecified atom stereocenters. The minimum atomic E-state index is -4.11. The third-order valence-electron chi connectivity index (χ3n) is 2.54. The van der Waals surface area contributed by atoms with Crippen molar-refractivity contribution in [3.63, 3.8) is 0 Å². The molecule has 2 rings (SSSR count). The molecule has 4 N–H and O–H groups in total. The van der Waals surface area contributed by atoms with Gasteiger partial charge < -0.3 is 20.4 Å². The molecular weight excluding hydrogens is 272 g/mol. The smallest absolute Gasteiger partial charge is 0.210 e. The van der Waals surface area contributed by atoms with E-state index in [1.165, 1.54) is 24.3 Å². The van der Waals surface area contributed by atoms with Crippen LogP contribution in [0.25, 0.3) is 0 Å². The Morgan fingerprint density at radius 1 is 0.789 bits per heavy atom. The molecule has 7 heteroatoms. The maximum absolute atomic E-state index is 12.2. The summed E-state index contributed by atoms with van der Waals surface area (Å²) in [6.07, 6.45) is 0. The van der Waals surface area contributed by atoms with E-state index in [9.17, 15) is 28.8 Å². The number of rotatable bonds is 2. The lowest BCUT2D eigenvalue weighted by Crippen LogP contribution is -2.02. The van der Waals surface area contributed by atoms with E-state index in [-0.39, 0.29) is 4.90 Å². The molecule has 2 aromatic rings. The zero-order valence-electron chi connectivity index (χ0n) is 9.48. The number of hydrogen-bond acceptors (Lipinski definition) is 6. The Kier molecular flexibility index (Phi) is 2.99. The summed E-state index contributed by atoms with van der Waals surface area (Å²) in [5.74, 6) is -3.93. The van der Waals surface area contributed by atoms with Gasteiger partial charge >= 0.3 is 0 Å². The summed E-state index contributed by atoms with van der Waals surface area (Å²) in [5, 5.41) is 37.5. The molecule has 0 bridgehead atoms. The molecule has 0 aliphatic rings. The van der Waals surface area contributed by atoms with E-state index in [4.69, 9.17) is 0 Å². The van der Waals surface area contributed by atoms with Crippen LogP contribution in [-0.4, -0.2) is 28.8 Å². The van der Waals surface area contributed by atoms with E-state index in [0.29, 0.717) is 6.07 Å². The first kappa shape index (κ1) is 13.0. The molecule has 0 atom stereocenters. The molecule has 0 fully saturated rings. The van der Waals surface area contributed by atoms with Crippen molar-refractivity contribution in [1.82, 2.24) is 0 Å². The largest absolute Gasteiger partial charge is 0.504 e. The van der Waals surface area contributed by atoms with Crippen LogP contribution in [0, 0.1) is 0 Å². The summed E-state index contributed by atoms with van der Waals surface area (Å²) >= 11 is 0. The number of phenols is 4. The molecule has 100 valence electrons. The van der Waals surface area contributed by atoms with Crippen LogP contribution in [0.15, 0.2) is 46.2 Å². The first-order valence-corrected chi connectivity index (χ1v) is 6.61. The summed E-state index contributed by atoms with van der Waals surface area (Å²) < 4.78 is 24.4. The van der Waals surface area contributed by atoms with Gasteiger partial charge in [0.25, 0.3) is 0 Å². The highest BCUT2D eigenvalue weighted by atomic mass is 32.2. The first-order valence-electron chi connectivity index (χ1n) is 5.12. The summed E-state index contributed by atoms with van der Waals surface area (Å²) in [7, 11) is -4.11. The van der Waals surface area contributed by atoms with Gasteiger partial charge in [-0.3, -0.25) is 0 Å². The van der Waals surface area contributed by atoms with Crippen LogP contribution in [0.5, 0.6) is 23.0 Å². The zero-order valence-corrected chi connectivity index (χ0v) is 10.3. The zero-order chi connectivity index (χ0) is 14.2. The van der Waals surface area contributed by atoms with E-state index in [1.807, 2.05) is 0 Å². The molecule has 19 heavy (non-hydrogen) atoms. The lowest BCUT2D eigenvalue weighted by Gasteiger charge is -2.10. The number of aromatic hydroxyl groups is 4. The van der Waals surface area contributed by atoms with Gasteiger partial charge in [0.2, 0.25) is 21.3 Å². The molecule has 0 aliphatic carbocycles. The van der Waals surface area contributed by atoms with Crippen LogP contribution in [0.1, 0.15) is 0 Å². The lowest BCUT2D eigenvalue weighted by atomic mass is 10.3. The Bertz CT molecular complexity index is 722. The fourth-order valence-corrected chi connectivity index (χ4v) is 2.93. The van der Waals surface area contributed by atoms with Gasteiger partial charge in [-0.15, -0.1) is 0 Å². The van der Waals surface area contributed by atoms with Crippen molar-refractivity contribution < 1.29 is 28.8 Å². The Labute approximate surface area is 108 Å². The van der Waals surface area contributed by atoms with Crippen LogP contribution in [0.4, 0.5) is 0 Å². The van der Waals surface area contributed by atoms with Crippen LogP contribution in [-0.2, 0) is 9.84 Å². The topological polar surface area (TPSA) is 115 Å². The number of sulfone groups is 1. The minimum Gasteiger partial charge on any atom is -0.504 e. The van der Waals surface area contributed by atoms with Gasteiger partial charge in [-0.05, 0) is 12.1 Å². The fourth-order valence-electron chi connectivity index (χ4n) is 1.54. The second-order valence-corrected chi connectivity index (χ2v) is 5.67. The van der Waals surface area contributed by atoms with Crippen molar-refractivity contribution in [3.8, 4) is 23.0 Å². The molecule has 0 spiro atoms. The van der Waals surface area contributed by atoms with Gasteiger partial charge in [-0.25, -0.2) is 8.42 Å². The normalized spacial score (nSPS) is 11.4. The predicted molar refractivity (Wildman–Crippen MR) is 65.0 cm³/mol. The SMILES string of the molecule is O=S(=O)(c1ccccc1)c1cc(O)c(O)c(O)c1O. The quantitative estimate of drug-likeness (QED) is 0.488. The number of hydrogen-bond donors (Lipinski definition) is 4. The lowest BCUT2D eigenvalue weighted by molar-refractivity contribution is 0.339. The maximum Gasteiger partial charge on any atom is 0.210 e. The number of phenolic OH excluding ortho intramolecular Hbond substituents is 4. The van der Waals surface area contributed by atoms with E-state index in [2.05, 4.69) is 0 Å². The molecule has 2 aromatic carbocycles. The molecule has 0 saturated heterocycles. The Hall–Kier alpha value is -2.41. The van der Waals surface area contributed by atoms with Crippen LogP contribution in [0.3, 0.4) is 0 Å². The summed E-state index contributed by atoms with van der Waals surface area (Å²) in [5.41, 5.74) is 0. The molecule has 0 heterocycles. The second kappa shape index (κ2) is 4.36. The Balaban J connectivity index is 2.73. The van der Waals surface area contributed by atoms with Crippen LogP contribution < -0.4 is 0 Å². The molecule has 0 saturated carbocycles. The van der Waals surface area contributed by atoms with Gasteiger partial charge in [-0.2, -0.15) is 0 Å². The van der Waals surface area contributed by atoms with Crippen molar-refractivity contribution in [2.24, 2.45) is 0 Å².